The maximum atomic E-state index is 12.7. The third-order valence-electron chi connectivity index (χ3n) is 4.34. The molecule has 0 aliphatic heterocycles. The number of methoxy groups -OCH3 is 1. The zero-order chi connectivity index (χ0) is 22.4. The number of hydrogen-bond acceptors (Lipinski definition) is 7. The highest BCUT2D eigenvalue weighted by molar-refractivity contribution is 6.10. The number of aliphatic carboxylic acids is 1. The number of nitrogens with one attached hydrogen (secondary N) is 1. The van der Waals surface area contributed by atoms with Crippen molar-refractivity contribution >= 4 is 40.8 Å². The number of amides is 1. The van der Waals surface area contributed by atoms with Crippen molar-refractivity contribution in [2.45, 2.75) is 19.6 Å². The number of rotatable bonds is 8. The minimum Gasteiger partial charge on any atom is -0.481 e. The predicted octanol–water partition coefficient (Wildman–Crippen LogP) is 2.81. The fraction of sp³-hybridized carbons (Fsp3) is 0.190. The maximum Gasteiger partial charge on any atom is 0.413 e. The van der Waals surface area contributed by atoms with Crippen molar-refractivity contribution in [2.24, 2.45) is 0 Å². The van der Waals surface area contributed by atoms with E-state index in [0.29, 0.717) is 22.2 Å². The molecule has 10 nitrogen and oxygen atoms in total. The number of esters is 1. The molecule has 1 amide bonds. The molecule has 10 heteroatoms. The van der Waals surface area contributed by atoms with Crippen LogP contribution in [0.25, 0.3) is 11.0 Å². The summed E-state index contributed by atoms with van der Waals surface area (Å²) in [6.45, 7) is -0.319. The highest BCUT2D eigenvalue weighted by atomic mass is 16.5. The highest BCUT2D eigenvalue weighted by Gasteiger charge is 2.18. The number of hydrogen-bond donors (Lipinski definition) is 2. The van der Waals surface area contributed by atoms with Gasteiger partial charge in [0.2, 0.25) is 5.95 Å². The molecule has 31 heavy (non-hydrogen) atoms. The zero-order valence-corrected chi connectivity index (χ0v) is 16.5. The Morgan fingerprint density at radius 2 is 1.77 bits per heavy atom. The first kappa shape index (κ1) is 21.5. The van der Waals surface area contributed by atoms with E-state index in [4.69, 9.17) is 9.84 Å². The van der Waals surface area contributed by atoms with Crippen LogP contribution < -0.4 is 5.32 Å². The molecule has 1 heterocycles. The van der Waals surface area contributed by atoms with Gasteiger partial charge in [0.05, 0.1) is 31.0 Å². The van der Waals surface area contributed by atoms with Gasteiger partial charge in [-0.2, -0.15) is 0 Å². The highest BCUT2D eigenvalue weighted by Crippen LogP contribution is 2.23. The second-order valence-electron chi connectivity index (χ2n) is 6.42. The molecule has 3 aromatic rings. The van der Waals surface area contributed by atoms with Crippen LogP contribution in [0.4, 0.5) is 10.7 Å². The van der Waals surface area contributed by atoms with Crippen LogP contribution in [0.15, 0.2) is 48.5 Å². The molecule has 0 aliphatic rings. The molecule has 0 fully saturated rings. The Bertz CT molecular complexity index is 1140. The molecule has 0 unspecified atom stereocenters. The zero-order valence-electron chi connectivity index (χ0n) is 16.5. The van der Waals surface area contributed by atoms with E-state index in [2.05, 4.69) is 15.0 Å². The van der Waals surface area contributed by atoms with E-state index in [0.717, 1.165) is 0 Å². The van der Waals surface area contributed by atoms with Crippen LogP contribution >= 0.6 is 0 Å². The number of anilines is 1. The smallest absolute Gasteiger partial charge is 0.413 e. The van der Waals surface area contributed by atoms with Crippen molar-refractivity contribution in [2.75, 3.05) is 12.4 Å². The number of benzene rings is 2. The summed E-state index contributed by atoms with van der Waals surface area (Å²) >= 11 is 0. The fourth-order valence-electron chi connectivity index (χ4n) is 2.81. The van der Waals surface area contributed by atoms with E-state index in [1.165, 1.54) is 11.7 Å². The molecule has 2 aromatic carbocycles. The van der Waals surface area contributed by atoms with E-state index in [9.17, 15) is 19.2 Å². The SMILES string of the molecule is COC(=O)Nc1nc2cc(C(=O)c3ccccc3)ccc2n1COC(=O)CCC(=O)O. The van der Waals surface area contributed by atoms with Gasteiger partial charge in [-0.05, 0) is 18.2 Å². The van der Waals surface area contributed by atoms with Gasteiger partial charge in [0.15, 0.2) is 12.5 Å². The van der Waals surface area contributed by atoms with Gasteiger partial charge in [-0.25, -0.2) is 9.78 Å². The minimum absolute atomic E-state index is 0.0391. The first-order chi connectivity index (χ1) is 14.9. The summed E-state index contributed by atoms with van der Waals surface area (Å²) in [7, 11) is 1.19. The van der Waals surface area contributed by atoms with Crippen molar-refractivity contribution in [1.29, 1.82) is 0 Å². The number of carboxylic acid groups (broad SMARTS) is 1. The van der Waals surface area contributed by atoms with E-state index in [-0.39, 0.29) is 31.3 Å². The number of carbonyl (C=O) groups is 4. The second-order valence-corrected chi connectivity index (χ2v) is 6.42. The Labute approximate surface area is 176 Å². The number of carboxylic acids is 1. The summed E-state index contributed by atoms with van der Waals surface area (Å²) < 4.78 is 11.1. The van der Waals surface area contributed by atoms with Crippen LogP contribution in [0.1, 0.15) is 28.8 Å². The van der Waals surface area contributed by atoms with Gasteiger partial charge in [-0.1, -0.05) is 30.3 Å². The molecule has 0 atom stereocenters. The molecule has 160 valence electrons. The molecule has 2 N–H and O–H groups in total. The van der Waals surface area contributed by atoms with Crippen LogP contribution in [-0.2, 0) is 25.8 Å². The largest absolute Gasteiger partial charge is 0.481 e. The summed E-state index contributed by atoms with van der Waals surface area (Å²) in [6.07, 6.45) is -1.44. The Balaban J connectivity index is 1.90. The molecule has 0 radical (unpaired) electrons. The average Bonchev–Trinajstić information content (AvgIpc) is 3.12. The Kier molecular flexibility index (Phi) is 6.61. The number of ketones is 1. The van der Waals surface area contributed by atoms with E-state index in [1.54, 1.807) is 42.5 Å². The summed E-state index contributed by atoms with van der Waals surface area (Å²) in [5.74, 6) is -1.99. The Hall–Kier alpha value is -4.21. The van der Waals surface area contributed by atoms with Crippen LogP contribution in [-0.4, -0.2) is 45.6 Å². The third-order valence-corrected chi connectivity index (χ3v) is 4.34. The molecule has 0 spiro atoms. The predicted molar refractivity (Wildman–Crippen MR) is 109 cm³/mol. The number of aromatic nitrogens is 2. The Morgan fingerprint density at radius 3 is 2.45 bits per heavy atom. The standard InChI is InChI=1S/C21H19N3O7/c1-30-21(29)23-20-22-15-11-14(19(28)13-5-3-2-4-6-13)7-8-16(15)24(20)12-31-18(27)10-9-17(25)26/h2-8,11H,9-10,12H2,1H3,(H,25,26)(H,22,23,29). The van der Waals surface area contributed by atoms with Crippen molar-refractivity contribution in [3.8, 4) is 0 Å². The lowest BCUT2D eigenvalue weighted by atomic mass is 10.0. The lowest BCUT2D eigenvalue weighted by molar-refractivity contribution is -0.150. The quantitative estimate of drug-likeness (QED) is 0.415. The number of fused-ring (bicyclic) bond motifs is 1. The van der Waals surface area contributed by atoms with E-state index >= 15 is 0 Å². The molecule has 0 aliphatic carbocycles. The molecular formula is C21H19N3O7. The molecule has 1 aromatic heterocycles. The average molecular weight is 425 g/mol. The van der Waals surface area contributed by atoms with Crippen LogP contribution in [0, 0.1) is 0 Å². The van der Waals surface area contributed by atoms with E-state index in [1.807, 2.05) is 6.07 Å². The molecular weight excluding hydrogens is 406 g/mol. The Morgan fingerprint density at radius 1 is 1.03 bits per heavy atom. The van der Waals surface area contributed by atoms with Crippen LogP contribution in [0.2, 0.25) is 0 Å². The minimum atomic E-state index is -1.12. The lowest BCUT2D eigenvalue weighted by Gasteiger charge is -2.10. The van der Waals surface area contributed by atoms with Crippen molar-refractivity contribution < 1.29 is 33.8 Å². The van der Waals surface area contributed by atoms with Crippen LogP contribution in [0.5, 0.6) is 0 Å². The summed E-state index contributed by atoms with van der Waals surface area (Å²) in [6, 6.07) is 13.5. The number of ether oxygens (including phenoxy) is 2. The third kappa shape index (κ3) is 5.24. The fourth-order valence-corrected chi connectivity index (χ4v) is 2.81. The molecule has 0 saturated heterocycles. The summed E-state index contributed by atoms with van der Waals surface area (Å²) in [4.78, 5) is 51.1. The topological polar surface area (TPSA) is 137 Å². The molecule has 3 rings (SSSR count). The summed E-state index contributed by atoms with van der Waals surface area (Å²) in [5.41, 5.74) is 1.78. The van der Waals surface area contributed by atoms with Crippen molar-refractivity contribution in [3.05, 3.63) is 59.7 Å². The van der Waals surface area contributed by atoms with Gasteiger partial charge in [0.25, 0.3) is 0 Å². The van der Waals surface area contributed by atoms with Crippen molar-refractivity contribution in [1.82, 2.24) is 9.55 Å². The van der Waals surface area contributed by atoms with Gasteiger partial charge < -0.3 is 14.6 Å². The van der Waals surface area contributed by atoms with Gasteiger partial charge >= 0.3 is 18.0 Å². The molecule has 0 bridgehead atoms. The van der Waals surface area contributed by atoms with Gasteiger partial charge in [-0.3, -0.25) is 24.3 Å². The normalized spacial score (nSPS) is 10.5. The summed E-state index contributed by atoms with van der Waals surface area (Å²) in [5, 5.41) is 11.1. The first-order valence-corrected chi connectivity index (χ1v) is 9.21. The maximum absolute atomic E-state index is 12.7. The number of nitrogens with zero attached hydrogens (tertiary/aromatic N) is 2. The second kappa shape index (κ2) is 9.53. The molecule has 0 saturated carbocycles. The number of imidazole rings is 1. The monoisotopic (exact) mass is 425 g/mol. The van der Waals surface area contributed by atoms with Crippen LogP contribution in [0.3, 0.4) is 0 Å². The lowest BCUT2D eigenvalue weighted by Crippen LogP contribution is -2.17. The first-order valence-electron chi connectivity index (χ1n) is 9.21. The van der Waals surface area contributed by atoms with Gasteiger partial charge in [0, 0.05) is 11.1 Å². The van der Waals surface area contributed by atoms with Crippen molar-refractivity contribution in [3.63, 3.8) is 0 Å². The van der Waals surface area contributed by atoms with E-state index < -0.39 is 18.0 Å². The van der Waals surface area contributed by atoms with Gasteiger partial charge in [-0.15, -0.1) is 0 Å². The van der Waals surface area contributed by atoms with Gasteiger partial charge in [0.1, 0.15) is 0 Å². The number of carbonyl (C=O) groups excluding carboxylic acids is 3.